The summed E-state index contributed by atoms with van der Waals surface area (Å²) >= 11 is 0. The van der Waals surface area contributed by atoms with E-state index in [2.05, 4.69) is 12.2 Å². The number of hydrogen-bond acceptors (Lipinski definition) is 4. The number of aromatic nitrogens is 1. The number of pyridine rings is 1. The first-order valence-electron chi connectivity index (χ1n) is 11.8. The molecule has 3 aromatic rings. The molecule has 3 heterocycles. The van der Waals surface area contributed by atoms with Crippen LogP contribution < -0.4 is 5.32 Å². The number of nitrogens with zero attached hydrogens (tertiary/aromatic N) is 2. The second-order valence-electron chi connectivity index (χ2n) is 9.12. The van der Waals surface area contributed by atoms with Gasteiger partial charge in [-0.2, -0.15) is 0 Å². The first-order chi connectivity index (χ1) is 16.1. The van der Waals surface area contributed by atoms with Gasteiger partial charge in [-0.05, 0) is 67.0 Å². The fourth-order valence-corrected chi connectivity index (χ4v) is 5.04. The Labute approximate surface area is 193 Å². The van der Waals surface area contributed by atoms with E-state index in [1.54, 1.807) is 6.26 Å². The highest BCUT2D eigenvalue weighted by Gasteiger charge is 2.28. The zero-order valence-electron chi connectivity index (χ0n) is 19.0. The Morgan fingerprint density at radius 2 is 2.12 bits per heavy atom. The van der Waals surface area contributed by atoms with Crippen LogP contribution in [0.4, 0.5) is 0 Å². The van der Waals surface area contributed by atoms with E-state index in [1.807, 2.05) is 47.4 Å². The smallest absolute Gasteiger partial charge is 0.252 e. The number of nitrogens with one attached hydrogen (secondary N) is 1. The summed E-state index contributed by atoms with van der Waals surface area (Å²) in [6.07, 6.45) is 7.76. The van der Waals surface area contributed by atoms with Gasteiger partial charge in [-0.1, -0.05) is 25.1 Å². The summed E-state index contributed by atoms with van der Waals surface area (Å²) in [5.41, 5.74) is 4.56. The molecule has 5 rings (SSSR count). The van der Waals surface area contributed by atoms with Crippen LogP contribution in [0.2, 0.25) is 0 Å². The number of hydrogen-bond donors (Lipinski definition) is 1. The number of carbonyl (C=O) groups excluding carboxylic acids is 2. The van der Waals surface area contributed by atoms with E-state index in [-0.39, 0.29) is 11.8 Å². The molecule has 170 valence electrons. The lowest BCUT2D eigenvalue weighted by Crippen LogP contribution is -2.31. The molecule has 1 aliphatic carbocycles. The Balaban J connectivity index is 1.45. The van der Waals surface area contributed by atoms with Gasteiger partial charge in [-0.3, -0.25) is 9.59 Å². The van der Waals surface area contributed by atoms with E-state index < -0.39 is 0 Å². The number of likely N-dealkylation sites (tertiary alicyclic amines) is 1. The molecule has 33 heavy (non-hydrogen) atoms. The largest absolute Gasteiger partial charge is 0.465 e. The van der Waals surface area contributed by atoms with Crippen molar-refractivity contribution in [2.75, 3.05) is 19.6 Å². The summed E-state index contributed by atoms with van der Waals surface area (Å²) in [7, 11) is 0. The van der Waals surface area contributed by atoms with E-state index in [0.29, 0.717) is 25.4 Å². The molecule has 6 nitrogen and oxygen atoms in total. The normalized spacial score (nSPS) is 19.3. The third-order valence-corrected chi connectivity index (χ3v) is 6.57. The summed E-state index contributed by atoms with van der Waals surface area (Å²) in [5.74, 6) is 1.35. The number of benzene rings is 1. The van der Waals surface area contributed by atoms with E-state index >= 15 is 0 Å². The summed E-state index contributed by atoms with van der Waals surface area (Å²) < 4.78 is 5.56. The molecule has 1 atom stereocenters. The van der Waals surface area contributed by atoms with Gasteiger partial charge in [0.15, 0.2) is 0 Å². The zero-order valence-corrected chi connectivity index (χ0v) is 19.0. The number of carbonyl (C=O) groups is 2. The molecule has 1 N–H and O–H groups in total. The summed E-state index contributed by atoms with van der Waals surface area (Å²) in [5, 5.41) is 4.00. The predicted molar refractivity (Wildman–Crippen MR) is 129 cm³/mol. The van der Waals surface area contributed by atoms with Gasteiger partial charge in [0.25, 0.3) is 5.91 Å². The molecule has 0 spiro atoms. The monoisotopic (exact) mass is 443 g/mol. The highest BCUT2D eigenvalue weighted by Crippen LogP contribution is 2.38. The van der Waals surface area contributed by atoms with Crippen molar-refractivity contribution < 1.29 is 14.0 Å². The Hall–Kier alpha value is -3.41. The van der Waals surface area contributed by atoms with Crippen LogP contribution in [0.25, 0.3) is 22.6 Å². The molecule has 1 fully saturated rings. The molecule has 0 saturated carbocycles. The number of furan rings is 1. The van der Waals surface area contributed by atoms with Gasteiger partial charge in [-0.25, -0.2) is 4.98 Å². The number of allylic oxidation sites excluding steroid dienone is 1. The van der Waals surface area contributed by atoms with E-state index in [9.17, 15) is 9.59 Å². The standard InChI is InChI=1S/C27H29N3O3/c1-18-15-19(17-20-7-5-14-33-20)26-22(16-18)25(21-8-2-3-9-23(21)29-26)27(32)28-11-6-13-30-12-4-10-24(30)31/h2-3,5,7-9,14,17-18H,4,6,10-13,15-16H2,1H3,(H,28,32)/b19-17+. The number of para-hydroxylation sites is 1. The minimum absolute atomic E-state index is 0.0657. The van der Waals surface area contributed by atoms with Crippen LogP contribution in [-0.2, 0) is 11.2 Å². The van der Waals surface area contributed by atoms with Crippen LogP contribution in [0.1, 0.15) is 60.0 Å². The van der Waals surface area contributed by atoms with Crippen molar-refractivity contribution >= 4 is 34.4 Å². The first kappa shape index (κ1) is 21.4. The Morgan fingerprint density at radius 1 is 1.24 bits per heavy atom. The lowest BCUT2D eigenvalue weighted by Gasteiger charge is -2.26. The van der Waals surface area contributed by atoms with Crippen molar-refractivity contribution in [1.29, 1.82) is 0 Å². The summed E-state index contributed by atoms with van der Waals surface area (Å²) in [4.78, 5) is 32.2. The topological polar surface area (TPSA) is 75.4 Å². The third-order valence-electron chi connectivity index (χ3n) is 6.57. The fraction of sp³-hybridized carbons (Fsp3) is 0.370. The van der Waals surface area contributed by atoms with Crippen LogP contribution >= 0.6 is 0 Å². The number of amides is 2. The molecule has 2 aromatic heterocycles. The second kappa shape index (κ2) is 9.22. The maximum atomic E-state index is 13.5. The molecular formula is C27H29N3O3. The second-order valence-corrected chi connectivity index (χ2v) is 9.12. The minimum Gasteiger partial charge on any atom is -0.465 e. The van der Waals surface area contributed by atoms with Gasteiger partial charge in [0, 0.05) is 31.4 Å². The van der Waals surface area contributed by atoms with Crippen molar-refractivity contribution in [1.82, 2.24) is 15.2 Å². The molecule has 1 aromatic carbocycles. The van der Waals surface area contributed by atoms with Crippen molar-refractivity contribution in [3.8, 4) is 0 Å². The van der Waals surface area contributed by atoms with Crippen LogP contribution in [0.3, 0.4) is 0 Å². The van der Waals surface area contributed by atoms with Gasteiger partial charge in [0.05, 0.1) is 23.0 Å². The van der Waals surface area contributed by atoms with E-state index in [1.165, 1.54) is 0 Å². The van der Waals surface area contributed by atoms with Crippen molar-refractivity contribution in [3.05, 3.63) is 65.2 Å². The predicted octanol–water partition coefficient (Wildman–Crippen LogP) is 4.69. The van der Waals surface area contributed by atoms with Gasteiger partial charge in [0.2, 0.25) is 5.91 Å². The minimum atomic E-state index is -0.0657. The van der Waals surface area contributed by atoms with Crippen molar-refractivity contribution in [2.45, 2.75) is 39.0 Å². The van der Waals surface area contributed by atoms with Crippen molar-refractivity contribution in [3.63, 3.8) is 0 Å². The van der Waals surface area contributed by atoms with Gasteiger partial charge in [-0.15, -0.1) is 0 Å². The molecule has 0 radical (unpaired) electrons. The maximum Gasteiger partial charge on any atom is 0.252 e. The molecular weight excluding hydrogens is 414 g/mol. The molecule has 0 bridgehead atoms. The van der Waals surface area contributed by atoms with Crippen LogP contribution in [0, 0.1) is 5.92 Å². The van der Waals surface area contributed by atoms with Gasteiger partial charge < -0.3 is 14.6 Å². The molecule has 6 heteroatoms. The molecule has 2 amide bonds. The van der Waals surface area contributed by atoms with Crippen molar-refractivity contribution in [2.24, 2.45) is 5.92 Å². The fourth-order valence-electron chi connectivity index (χ4n) is 5.04. The lowest BCUT2D eigenvalue weighted by molar-refractivity contribution is -0.127. The maximum absolute atomic E-state index is 13.5. The summed E-state index contributed by atoms with van der Waals surface area (Å²) in [6, 6.07) is 11.7. The highest BCUT2D eigenvalue weighted by molar-refractivity contribution is 6.09. The Kier molecular flexibility index (Phi) is 5.99. The average molecular weight is 444 g/mol. The Bertz CT molecular complexity index is 1210. The lowest BCUT2D eigenvalue weighted by atomic mass is 9.80. The van der Waals surface area contributed by atoms with E-state index in [0.717, 1.165) is 71.3 Å². The third kappa shape index (κ3) is 4.42. The molecule has 1 saturated heterocycles. The van der Waals surface area contributed by atoms with Crippen LogP contribution in [0.5, 0.6) is 0 Å². The number of rotatable bonds is 6. The average Bonchev–Trinajstić information content (AvgIpc) is 3.47. The molecule has 1 unspecified atom stereocenters. The Morgan fingerprint density at radius 3 is 2.91 bits per heavy atom. The molecule has 1 aliphatic heterocycles. The van der Waals surface area contributed by atoms with E-state index in [4.69, 9.17) is 9.40 Å². The molecule has 2 aliphatic rings. The highest BCUT2D eigenvalue weighted by atomic mass is 16.3. The SMILES string of the molecule is CC1C/C(=C\c2ccco2)c2nc3ccccc3c(C(=O)NCCCN3CCCC3=O)c2C1. The zero-order chi connectivity index (χ0) is 22.8. The first-order valence-corrected chi connectivity index (χ1v) is 11.8. The van der Waals surface area contributed by atoms with Crippen LogP contribution in [0.15, 0.2) is 47.1 Å². The van der Waals surface area contributed by atoms with Gasteiger partial charge >= 0.3 is 0 Å². The quantitative estimate of drug-likeness (QED) is 0.561. The van der Waals surface area contributed by atoms with Gasteiger partial charge in [0.1, 0.15) is 5.76 Å². The van der Waals surface area contributed by atoms with Crippen LogP contribution in [-0.4, -0.2) is 41.3 Å². The number of fused-ring (bicyclic) bond motifs is 2. The summed E-state index contributed by atoms with van der Waals surface area (Å²) in [6.45, 7) is 4.28.